The molecule has 0 amide bonds. The molecule has 0 aliphatic rings. The summed E-state index contributed by atoms with van der Waals surface area (Å²) >= 11 is 0. The molecule has 0 saturated carbocycles. The molecule has 0 spiro atoms. The average Bonchev–Trinajstić information content (AvgIpc) is 2.11. The fraction of sp³-hybridized carbons (Fsp3) is 0.875. The fourth-order valence-corrected chi connectivity index (χ4v) is 0.740. The van der Waals surface area contributed by atoms with Gasteiger partial charge in [0.2, 0.25) is 5.54 Å². The number of aliphatic hydroxyl groups is 1. The van der Waals surface area contributed by atoms with Gasteiger partial charge in [-0.05, 0) is 12.8 Å². The third-order valence-electron chi connectivity index (χ3n) is 2.11. The lowest BCUT2D eigenvalue weighted by Crippen LogP contribution is -2.61. The van der Waals surface area contributed by atoms with Crippen LogP contribution in [0.1, 0.15) is 13.8 Å². The fourth-order valence-electron chi connectivity index (χ4n) is 0.740. The van der Waals surface area contributed by atoms with E-state index < -0.39 is 23.6 Å². The molecule has 90 valence electrons. The number of halogens is 3. The minimum atomic E-state index is -4.88. The van der Waals surface area contributed by atoms with Gasteiger partial charge in [0.05, 0.1) is 0 Å². The van der Waals surface area contributed by atoms with Crippen molar-refractivity contribution in [1.29, 1.82) is 0 Å². The van der Waals surface area contributed by atoms with Crippen molar-refractivity contribution < 1.29 is 28.2 Å². The topological polar surface area (TPSA) is 69.6 Å². The quantitative estimate of drug-likeness (QED) is 0.646. The second-order valence-electron chi connectivity index (χ2n) is 3.60. The molecule has 7 heteroatoms. The average molecular weight is 229 g/mol. The summed E-state index contributed by atoms with van der Waals surface area (Å²) in [6.45, 7) is 1.53. The Kier molecular flexibility index (Phi) is 4.54. The molecule has 0 rings (SSSR count). The number of carbonyl (C=O) groups is 1. The minimum absolute atomic E-state index is 0.223. The number of nitrogens with one attached hydrogen (secondary N) is 1. The summed E-state index contributed by atoms with van der Waals surface area (Å²) in [4.78, 5) is 10.5. The maximum Gasteiger partial charge on any atom is 0.417 e. The lowest BCUT2D eigenvalue weighted by Gasteiger charge is -2.29. The molecule has 4 nitrogen and oxygen atoms in total. The number of aliphatic hydroxyl groups excluding tert-OH is 1. The van der Waals surface area contributed by atoms with Crippen LogP contribution in [0.25, 0.3) is 0 Å². The predicted octanol–water partition coefficient (Wildman–Crippen LogP) is 0.610. The first kappa shape index (κ1) is 14.2. The number of hydrogen-bond acceptors (Lipinski definition) is 3. The zero-order valence-electron chi connectivity index (χ0n) is 8.43. The van der Waals surface area contributed by atoms with Crippen LogP contribution in [0.5, 0.6) is 0 Å². The first-order valence-electron chi connectivity index (χ1n) is 4.31. The molecule has 0 aromatic heterocycles. The van der Waals surface area contributed by atoms with Crippen LogP contribution >= 0.6 is 0 Å². The van der Waals surface area contributed by atoms with E-state index in [1.165, 1.54) is 6.92 Å². The highest BCUT2D eigenvalue weighted by Gasteiger charge is 2.57. The first-order valence-corrected chi connectivity index (χ1v) is 4.31. The minimum Gasteiger partial charge on any atom is -0.480 e. The van der Waals surface area contributed by atoms with Gasteiger partial charge in [-0.3, -0.25) is 5.32 Å². The molecular weight excluding hydrogens is 215 g/mol. The summed E-state index contributed by atoms with van der Waals surface area (Å²) in [6.07, 6.45) is -4.88. The van der Waals surface area contributed by atoms with E-state index in [0.717, 1.165) is 0 Å². The van der Waals surface area contributed by atoms with E-state index in [1.807, 2.05) is 5.32 Å². The van der Waals surface area contributed by atoms with Crippen LogP contribution in [0.15, 0.2) is 0 Å². The maximum atomic E-state index is 12.4. The molecule has 0 aliphatic heterocycles. The van der Waals surface area contributed by atoms with Gasteiger partial charge >= 0.3 is 12.1 Å². The van der Waals surface area contributed by atoms with Gasteiger partial charge < -0.3 is 10.2 Å². The standard InChI is InChI=1S/C8H14F3NO3/c1-5(4-13)3-12-7(2,6(14)15)8(9,10)11/h5,12-13H,3-4H2,1-2H3,(H,14,15). The zero-order chi connectivity index (χ0) is 12.3. The number of hydrogen-bond donors (Lipinski definition) is 3. The van der Waals surface area contributed by atoms with E-state index in [-0.39, 0.29) is 13.2 Å². The van der Waals surface area contributed by atoms with E-state index in [2.05, 4.69) is 0 Å². The molecule has 3 N–H and O–H groups in total. The highest BCUT2D eigenvalue weighted by molar-refractivity contribution is 5.79. The molecule has 2 atom stereocenters. The zero-order valence-corrected chi connectivity index (χ0v) is 8.43. The Morgan fingerprint density at radius 3 is 2.20 bits per heavy atom. The van der Waals surface area contributed by atoms with E-state index in [0.29, 0.717) is 6.92 Å². The van der Waals surface area contributed by atoms with Crippen LogP contribution in [0.4, 0.5) is 13.2 Å². The molecule has 0 aromatic carbocycles. The molecule has 0 radical (unpaired) electrons. The third-order valence-corrected chi connectivity index (χ3v) is 2.11. The van der Waals surface area contributed by atoms with Gasteiger partial charge in [-0.25, -0.2) is 4.79 Å². The maximum absolute atomic E-state index is 12.4. The third kappa shape index (κ3) is 3.35. The SMILES string of the molecule is CC(CO)CNC(C)(C(=O)O)C(F)(F)F. The molecule has 0 aliphatic carbocycles. The van der Waals surface area contributed by atoms with Crippen molar-refractivity contribution in [2.75, 3.05) is 13.2 Å². The van der Waals surface area contributed by atoms with E-state index in [1.54, 1.807) is 0 Å². The number of carboxylic acid groups (broad SMARTS) is 1. The van der Waals surface area contributed by atoms with Gasteiger partial charge in [-0.2, -0.15) is 13.2 Å². The van der Waals surface area contributed by atoms with Crippen molar-refractivity contribution in [3.8, 4) is 0 Å². The van der Waals surface area contributed by atoms with Gasteiger partial charge in [-0.1, -0.05) is 6.92 Å². The van der Waals surface area contributed by atoms with Crippen molar-refractivity contribution in [3.05, 3.63) is 0 Å². The highest BCUT2D eigenvalue weighted by Crippen LogP contribution is 2.30. The van der Waals surface area contributed by atoms with E-state index in [9.17, 15) is 18.0 Å². The van der Waals surface area contributed by atoms with Gasteiger partial charge in [0, 0.05) is 13.2 Å². The Morgan fingerprint density at radius 2 is 1.93 bits per heavy atom. The van der Waals surface area contributed by atoms with Gasteiger partial charge in [0.25, 0.3) is 0 Å². The second kappa shape index (κ2) is 4.80. The van der Waals surface area contributed by atoms with Crippen molar-refractivity contribution in [2.45, 2.75) is 25.6 Å². The Balaban J connectivity index is 4.62. The summed E-state index contributed by atoms with van der Waals surface area (Å²) in [5.74, 6) is -2.42. The molecule has 0 fully saturated rings. The Morgan fingerprint density at radius 1 is 1.47 bits per heavy atom. The monoisotopic (exact) mass is 229 g/mol. The van der Waals surface area contributed by atoms with E-state index >= 15 is 0 Å². The number of rotatable bonds is 5. The Hall–Kier alpha value is -0.820. The van der Waals surface area contributed by atoms with Crippen molar-refractivity contribution in [2.24, 2.45) is 5.92 Å². The lowest BCUT2D eigenvalue weighted by atomic mass is 10.0. The Labute approximate surface area is 85.1 Å². The predicted molar refractivity (Wildman–Crippen MR) is 46.3 cm³/mol. The summed E-state index contributed by atoms with van der Waals surface area (Å²) in [5.41, 5.74) is -2.98. The molecule has 2 unspecified atom stereocenters. The number of carboxylic acids is 1. The van der Waals surface area contributed by atoms with Crippen LogP contribution in [-0.4, -0.2) is 41.0 Å². The van der Waals surface area contributed by atoms with Crippen LogP contribution in [0.2, 0.25) is 0 Å². The molecular formula is C8H14F3NO3. The summed E-state index contributed by atoms with van der Waals surface area (Å²) in [5, 5.41) is 19.0. The van der Waals surface area contributed by atoms with E-state index in [4.69, 9.17) is 10.2 Å². The number of alkyl halides is 3. The molecule has 0 heterocycles. The lowest BCUT2D eigenvalue weighted by molar-refractivity contribution is -0.206. The van der Waals surface area contributed by atoms with Crippen molar-refractivity contribution in [1.82, 2.24) is 5.32 Å². The molecule has 0 saturated heterocycles. The van der Waals surface area contributed by atoms with Gasteiger partial charge in [-0.15, -0.1) is 0 Å². The largest absolute Gasteiger partial charge is 0.480 e. The normalized spacial score (nSPS) is 18.3. The molecule has 0 aromatic rings. The molecule has 15 heavy (non-hydrogen) atoms. The second-order valence-corrected chi connectivity index (χ2v) is 3.60. The first-order chi connectivity index (χ1) is 6.65. The van der Waals surface area contributed by atoms with Crippen LogP contribution in [0.3, 0.4) is 0 Å². The smallest absolute Gasteiger partial charge is 0.417 e. The summed E-state index contributed by atoms with van der Waals surface area (Å²) in [6, 6.07) is 0. The Bertz CT molecular complexity index is 232. The van der Waals surface area contributed by atoms with Crippen LogP contribution < -0.4 is 5.32 Å². The van der Waals surface area contributed by atoms with Crippen molar-refractivity contribution >= 4 is 5.97 Å². The van der Waals surface area contributed by atoms with Gasteiger partial charge in [0.15, 0.2) is 0 Å². The molecule has 0 bridgehead atoms. The highest BCUT2D eigenvalue weighted by atomic mass is 19.4. The van der Waals surface area contributed by atoms with Gasteiger partial charge in [0.1, 0.15) is 0 Å². The summed E-state index contributed by atoms with van der Waals surface area (Å²) < 4.78 is 37.2. The summed E-state index contributed by atoms with van der Waals surface area (Å²) in [7, 11) is 0. The van der Waals surface area contributed by atoms with Crippen molar-refractivity contribution in [3.63, 3.8) is 0 Å². The number of aliphatic carboxylic acids is 1. The van der Waals surface area contributed by atoms with Crippen LogP contribution in [0, 0.1) is 5.92 Å². The van der Waals surface area contributed by atoms with Crippen LogP contribution in [-0.2, 0) is 4.79 Å².